The zero-order chi connectivity index (χ0) is 13.1. The zero-order valence-corrected chi connectivity index (χ0v) is 11.4. The van der Waals surface area contributed by atoms with Crippen LogP contribution in [-0.4, -0.2) is 20.7 Å². The minimum absolute atomic E-state index is 0.335. The molecule has 1 N–H and O–H groups in total. The summed E-state index contributed by atoms with van der Waals surface area (Å²) in [6, 6.07) is 1.80. The van der Waals surface area contributed by atoms with Crippen LogP contribution in [0, 0.1) is 17.5 Å². The van der Waals surface area contributed by atoms with E-state index in [1.165, 1.54) is 23.5 Å². The van der Waals surface area contributed by atoms with Gasteiger partial charge in [-0.15, -0.1) is 35.3 Å². The van der Waals surface area contributed by atoms with Crippen molar-refractivity contribution in [3.63, 3.8) is 0 Å². The van der Waals surface area contributed by atoms with E-state index in [0.29, 0.717) is 0 Å². The number of carbonyl (C=O) groups is 1. The summed E-state index contributed by atoms with van der Waals surface area (Å²) in [6.07, 6.45) is 0. The fourth-order valence-electron chi connectivity index (χ4n) is 1.27. The predicted octanol–water partition coefficient (Wildman–Crippen LogP) is 3.50. The van der Waals surface area contributed by atoms with E-state index in [2.05, 4.69) is 5.32 Å². The van der Waals surface area contributed by atoms with Crippen molar-refractivity contribution in [2.24, 2.45) is 0 Å². The van der Waals surface area contributed by atoms with Gasteiger partial charge in [-0.2, -0.15) is 0 Å². The molecular formula is C10H8F3NOS3. The van der Waals surface area contributed by atoms with Crippen LogP contribution in [0.25, 0.3) is 0 Å². The van der Waals surface area contributed by atoms with Gasteiger partial charge >= 0.3 is 0 Å². The molecule has 0 saturated carbocycles. The van der Waals surface area contributed by atoms with E-state index < -0.39 is 23.4 Å². The first-order chi connectivity index (χ1) is 8.59. The second-order valence-corrected chi connectivity index (χ2v) is 7.52. The maximum absolute atomic E-state index is 13.3. The Hall–Kier alpha value is -0.470. The van der Waals surface area contributed by atoms with Gasteiger partial charge in [0.05, 0.1) is 5.69 Å². The molecular weight excluding hydrogens is 303 g/mol. The average molecular weight is 311 g/mol. The number of nitrogens with one attached hydrogen (secondary N) is 1. The SMILES string of the molecule is O=C(Nc1ccc(F)c(F)c1F)C1SCSCS1. The number of hydrogen-bond acceptors (Lipinski definition) is 4. The molecule has 98 valence electrons. The lowest BCUT2D eigenvalue weighted by molar-refractivity contribution is -0.114. The molecule has 1 saturated heterocycles. The summed E-state index contributed by atoms with van der Waals surface area (Å²) >= 11 is 4.55. The Morgan fingerprint density at radius 2 is 1.83 bits per heavy atom. The molecule has 1 heterocycles. The van der Waals surface area contributed by atoms with Gasteiger partial charge in [0.15, 0.2) is 17.5 Å². The van der Waals surface area contributed by atoms with E-state index >= 15 is 0 Å². The highest BCUT2D eigenvalue weighted by Gasteiger charge is 2.24. The zero-order valence-electron chi connectivity index (χ0n) is 8.91. The maximum Gasteiger partial charge on any atom is 0.247 e. The van der Waals surface area contributed by atoms with Crippen molar-refractivity contribution >= 4 is 46.9 Å². The Morgan fingerprint density at radius 3 is 2.50 bits per heavy atom. The van der Waals surface area contributed by atoms with Gasteiger partial charge in [0.25, 0.3) is 0 Å². The van der Waals surface area contributed by atoms with Crippen LogP contribution in [0.3, 0.4) is 0 Å². The molecule has 1 amide bonds. The van der Waals surface area contributed by atoms with E-state index in [1.807, 2.05) is 0 Å². The van der Waals surface area contributed by atoms with Crippen molar-refractivity contribution in [3.05, 3.63) is 29.6 Å². The van der Waals surface area contributed by atoms with Gasteiger partial charge in [0, 0.05) is 10.2 Å². The topological polar surface area (TPSA) is 29.1 Å². The first-order valence-corrected chi connectivity index (χ1v) is 8.10. The summed E-state index contributed by atoms with van der Waals surface area (Å²) in [5.74, 6) is -4.63. The van der Waals surface area contributed by atoms with E-state index in [-0.39, 0.29) is 10.3 Å². The number of rotatable bonds is 2. The van der Waals surface area contributed by atoms with E-state index in [4.69, 9.17) is 0 Å². The molecule has 0 spiro atoms. The number of benzene rings is 1. The number of anilines is 1. The normalized spacial score (nSPS) is 16.6. The number of thioether (sulfide) groups is 3. The van der Waals surface area contributed by atoms with Crippen LogP contribution in [0.5, 0.6) is 0 Å². The number of carbonyl (C=O) groups excluding carboxylic acids is 1. The van der Waals surface area contributed by atoms with Crippen molar-refractivity contribution in [2.45, 2.75) is 4.58 Å². The summed E-state index contributed by atoms with van der Waals surface area (Å²) in [5, 5.41) is 3.84. The molecule has 1 aliphatic heterocycles. The Kier molecular flexibility index (Phi) is 4.74. The van der Waals surface area contributed by atoms with Gasteiger partial charge in [0.2, 0.25) is 5.91 Å². The van der Waals surface area contributed by atoms with Crippen molar-refractivity contribution < 1.29 is 18.0 Å². The summed E-state index contributed by atoms with van der Waals surface area (Å²) in [5.41, 5.74) is -0.335. The van der Waals surface area contributed by atoms with E-state index in [0.717, 1.165) is 22.3 Å². The molecule has 0 aromatic heterocycles. The molecule has 8 heteroatoms. The molecule has 18 heavy (non-hydrogen) atoms. The number of hydrogen-bond donors (Lipinski definition) is 1. The second-order valence-electron chi connectivity index (χ2n) is 3.32. The van der Waals surface area contributed by atoms with Gasteiger partial charge in [-0.3, -0.25) is 4.79 Å². The third kappa shape index (κ3) is 3.10. The van der Waals surface area contributed by atoms with Crippen LogP contribution in [0.1, 0.15) is 0 Å². The molecule has 0 atom stereocenters. The average Bonchev–Trinajstić information content (AvgIpc) is 2.40. The van der Waals surface area contributed by atoms with Gasteiger partial charge in [-0.25, -0.2) is 13.2 Å². The fraction of sp³-hybridized carbons (Fsp3) is 0.300. The molecule has 0 radical (unpaired) electrons. The third-order valence-corrected chi connectivity index (χ3v) is 6.38. The Bertz CT molecular complexity index is 466. The van der Waals surface area contributed by atoms with Crippen LogP contribution in [0.4, 0.5) is 18.9 Å². The van der Waals surface area contributed by atoms with E-state index in [1.54, 1.807) is 11.8 Å². The first kappa shape index (κ1) is 14.0. The van der Waals surface area contributed by atoms with Crippen LogP contribution in [-0.2, 0) is 4.79 Å². The van der Waals surface area contributed by atoms with Gasteiger partial charge in [-0.1, -0.05) is 0 Å². The maximum atomic E-state index is 13.3. The highest BCUT2D eigenvalue weighted by atomic mass is 32.3. The minimum atomic E-state index is -1.58. The highest BCUT2D eigenvalue weighted by molar-refractivity contribution is 8.33. The lowest BCUT2D eigenvalue weighted by Gasteiger charge is -2.19. The lowest BCUT2D eigenvalue weighted by Crippen LogP contribution is -2.25. The summed E-state index contributed by atoms with van der Waals surface area (Å²) in [7, 11) is 0. The van der Waals surface area contributed by atoms with Crippen LogP contribution >= 0.6 is 35.3 Å². The molecule has 0 bridgehead atoms. The Labute approximate surface area is 114 Å². The Morgan fingerprint density at radius 1 is 1.17 bits per heavy atom. The molecule has 2 rings (SSSR count). The van der Waals surface area contributed by atoms with Crippen LogP contribution in [0.2, 0.25) is 0 Å². The summed E-state index contributed by atoms with van der Waals surface area (Å²) in [6.45, 7) is 0. The van der Waals surface area contributed by atoms with Gasteiger partial charge in [0.1, 0.15) is 4.58 Å². The minimum Gasteiger partial charge on any atom is -0.322 e. The highest BCUT2D eigenvalue weighted by Crippen LogP contribution is 2.36. The molecule has 1 aromatic rings. The quantitative estimate of drug-likeness (QED) is 0.847. The van der Waals surface area contributed by atoms with Crippen molar-refractivity contribution in [1.82, 2.24) is 0 Å². The van der Waals surface area contributed by atoms with Crippen molar-refractivity contribution in [3.8, 4) is 0 Å². The predicted molar refractivity (Wildman–Crippen MR) is 71.2 cm³/mol. The molecule has 0 aliphatic carbocycles. The molecule has 0 unspecified atom stereocenters. The van der Waals surface area contributed by atoms with Crippen molar-refractivity contribution in [2.75, 3.05) is 15.5 Å². The first-order valence-electron chi connectivity index (χ1n) is 4.85. The van der Waals surface area contributed by atoms with Crippen molar-refractivity contribution in [1.29, 1.82) is 0 Å². The second kappa shape index (κ2) is 6.12. The molecule has 1 aromatic carbocycles. The molecule has 2 nitrogen and oxygen atoms in total. The third-order valence-electron chi connectivity index (χ3n) is 2.11. The molecule has 1 aliphatic rings. The molecule has 1 fully saturated rings. The Balaban J connectivity index is 2.09. The van der Waals surface area contributed by atoms with Gasteiger partial charge < -0.3 is 5.32 Å². The fourth-order valence-corrected chi connectivity index (χ4v) is 5.72. The standard InChI is InChI=1S/C10H8F3NOS3/c11-5-1-2-6(8(13)7(5)12)14-9(15)10-17-3-16-4-18-10/h1-2,10H,3-4H2,(H,14,15). The summed E-state index contributed by atoms with van der Waals surface area (Å²) in [4.78, 5) is 11.8. The summed E-state index contributed by atoms with van der Waals surface area (Å²) < 4.78 is 38.7. The van der Waals surface area contributed by atoms with E-state index in [9.17, 15) is 18.0 Å². The van der Waals surface area contributed by atoms with Gasteiger partial charge in [-0.05, 0) is 12.1 Å². The monoisotopic (exact) mass is 311 g/mol. The largest absolute Gasteiger partial charge is 0.322 e. The lowest BCUT2D eigenvalue weighted by atomic mass is 10.3. The number of amides is 1. The number of halogens is 3. The van der Waals surface area contributed by atoms with Crippen LogP contribution in [0.15, 0.2) is 12.1 Å². The van der Waals surface area contributed by atoms with Crippen LogP contribution < -0.4 is 5.32 Å². The smallest absolute Gasteiger partial charge is 0.247 e.